The molecule has 1 aliphatic rings. The Hall–Kier alpha value is -1.59. The second-order valence-electron chi connectivity index (χ2n) is 5.15. The number of halogens is 1. The fourth-order valence-corrected chi connectivity index (χ4v) is 1.91. The van der Waals surface area contributed by atoms with Crippen molar-refractivity contribution in [2.45, 2.75) is 19.4 Å². The Kier molecular flexibility index (Phi) is 4.62. The maximum atomic E-state index is 11.6. The number of carbonyl (C=O) groups is 2. The minimum absolute atomic E-state index is 0.0413. The molecule has 1 saturated carbocycles. The summed E-state index contributed by atoms with van der Waals surface area (Å²) in [6, 6.07) is 7.01. The molecule has 5 nitrogen and oxygen atoms in total. The molecule has 0 aromatic heterocycles. The number of hydrogen-bond donors (Lipinski definition) is 3. The molecule has 108 valence electrons. The molecule has 2 rings (SSSR count). The van der Waals surface area contributed by atoms with E-state index < -0.39 is 11.8 Å². The van der Waals surface area contributed by atoms with Gasteiger partial charge in [-0.1, -0.05) is 23.7 Å². The van der Waals surface area contributed by atoms with Crippen LogP contribution in [0.3, 0.4) is 0 Å². The van der Waals surface area contributed by atoms with Gasteiger partial charge >= 0.3 is 11.8 Å². The molecular weight excluding hydrogens is 280 g/mol. The van der Waals surface area contributed by atoms with Crippen molar-refractivity contribution >= 4 is 23.4 Å². The summed E-state index contributed by atoms with van der Waals surface area (Å²) in [5.41, 5.74) is 0.663. The largest absolute Gasteiger partial charge is 0.396 e. The molecule has 3 N–H and O–H groups in total. The molecule has 6 heteroatoms. The number of benzene rings is 1. The van der Waals surface area contributed by atoms with Gasteiger partial charge in [-0.3, -0.25) is 9.59 Å². The lowest BCUT2D eigenvalue weighted by Gasteiger charge is -2.12. The van der Waals surface area contributed by atoms with E-state index >= 15 is 0 Å². The molecule has 0 bridgehead atoms. The Bertz CT molecular complexity index is 498. The zero-order chi connectivity index (χ0) is 14.6. The fraction of sp³-hybridized carbons (Fsp3) is 0.429. The summed E-state index contributed by atoms with van der Waals surface area (Å²) in [5.74, 6) is -1.34. The first-order valence-corrected chi connectivity index (χ1v) is 6.84. The lowest BCUT2D eigenvalue weighted by atomic mass is 10.1. The van der Waals surface area contributed by atoms with E-state index in [2.05, 4.69) is 10.6 Å². The van der Waals surface area contributed by atoms with E-state index in [1.54, 1.807) is 24.3 Å². The third kappa shape index (κ3) is 3.95. The SMILES string of the molecule is O=C(NCc1ccc(Cl)cc1)C(=O)NCC1(CO)CC1. The Morgan fingerprint density at radius 2 is 1.75 bits per heavy atom. The van der Waals surface area contributed by atoms with Gasteiger partial charge in [0.2, 0.25) is 0 Å². The van der Waals surface area contributed by atoms with Gasteiger partial charge in [0, 0.05) is 23.5 Å². The van der Waals surface area contributed by atoms with Gasteiger partial charge in [-0.25, -0.2) is 0 Å². The van der Waals surface area contributed by atoms with E-state index in [1.165, 1.54) is 0 Å². The molecule has 1 aromatic rings. The summed E-state index contributed by atoms with van der Waals surface area (Å²) in [7, 11) is 0. The minimum Gasteiger partial charge on any atom is -0.396 e. The molecule has 1 aliphatic carbocycles. The summed E-state index contributed by atoms with van der Waals surface area (Å²) in [4.78, 5) is 23.2. The van der Waals surface area contributed by atoms with Crippen molar-refractivity contribution in [3.05, 3.63) is 34.9 Å². The second-order valence-corrected chi connectivity index (χ2v) is 5.59. The fourth-order valence-electron chi connectivity index (χ4n) is 1.78. The maximum absolute atomic E-state index is 11.6. The number of rotatable bonds is 5. The predicted octanol–water partition coefficient (Wildman–Crippen LogP) is 0.845. The highest BCUT2D eigenvalue weighted by atomic mass is 35.5. The van der Waals surface area contributed by atoms with Crippen LogP contribution in [0.2, 0.25) is 5.02 Å². The monoisotopic (exact) mass is 296 g/mol. The van der Waals surface area contributed by atoms with Crippen LogP contribution >= 0.6 is 11.6 Å². The molecule has 1 aromatic carbocycles. The summed E-state index contributed by atoms with van der Waals surface area (Å²) in [6.07, 6.45) is 1.77. The van der Waals surface area contributed by atoms with Crippen LogP contribution in [0, 0.1) is 5.41 Å². The topological polar surface area (TPSA) is 78.4 Å². The predicted molar refractivity (Wildman–Crippen MR) is 75.1 cm³/mol. The highest BCUT2D eigenvalue weighted by Gasteiger charge is 2.42. The van der Waals surface area contributed by atoms with E-state index in [4.69, 9.17) is 16.7 Å². The van der Waals surface area contributed by atoms with Crippen molar-refractivity contribution in [2.75, 3.05) is 13.2 Å². The lowest BCUT2D eigenvalue weighted by Crippen LogP contribution is -2.42. The average molecular weight is 297 g/mol. The molecule has 0 aliphatic heterocycles. The van der Waals surface area contributed by atoms with E-state index in [0.29, 0.717) is 11.6 Å². The van der Waals surface area contributed by atoms with E-state index in [0.717, 1.165) is 18.4 Å². The van der Waals surface area contributed by atoms with Crippen molar-refractivity contribution < 1.29 is 14.7 Å². The molecule has 0 heterocycles. The van der Waals surface area contributed by atoms with Crippen LogP contribution in [0.1, 0.15) is 18.4 Å². The molecule has 0 unspecified atom stereocenters. The van der Waals surface area contributed by atoms with Crippen LogP contribution in [0.15, 0.2) is 24.3 Å². The molecule has 1 fully saturated rings. The number of aliphatic hydroxyl groups is 1. The van der Waals surface area contributed by atoms with Crippen molar-refractivity contribution in [1.82, 2.24) is 10.6 Å². The smallest absolute Gasteiger partial charge is 0.309 e. The van der Waals surface area contributed by atoms with Crippen LogP contribution in [-0.2, 0) is 16.1 Å². The van der Waals surface area contributed by atoms with E-state index in [9.17, 15) is 9.59 Å². The first-order valence-electron chi connectivity index (χ1n) is 6.46. The molecule has 0 spiro atoms. The average Bonchev–Trinajstić information content (AvgIpc) is 3.24. The molecular formula is C14H17ClN2O3. The van der Waals surface area contributed by atoms with Gasteiger partial charge in [0.15, 0.2) is 0 Å². The van der Waals surface area contributed by atoms with Gasteiger partial charge in [0.1, 0.15) is 0 Å². The minimum atomic E-state index is -0.673. The van der Waals surface area contributed by atoms with Crippen LogP contribution in [0.25, 0.3) is 0 Å². The molecule has 0 radical (unpaired) electrons. The Balaban J connectivity index is 1.73. The number of carbonyl (C=O) groups excluding carboxylic acids is 2. The third-order valence-electron chi connectivity index (χ3n) is 3.49. The van der Waals surface area contributed by atoms with Crippen LogP contribution in [0.4, 0.5) is 0 Å². The van der Waals surface area contributed by atoms with Crippen LogP contribution < -0.4 is 10.6 Å². The zero-order valence-electron chi connectivity index (χ0n) is 11.0. The number of amides is 2. The van der Waals surface area contributed by atoms with Crippen LogP contribution in [-0.4, -0.2) is 30.1 Å². The molecule has 0 saturated heterocycles. The molecule has 2 amide bonds. The summed E-state index contributed by atoms with van der Waals surface area (Å²) in [5, 5.41) is 14.8. The molecule has 0 atom stereocenters. The van der Waals surface area contributed by atoms with Crippen molar-refractivity contribution in [3.63, 3.8) is 0 Å². The first-order chi connectivity index (χ1) is 9.54. The van der Waals surface area contributed by atoms with Crippen molar-refractivity contribution in [2.24, 2.45) is 5.41 Å². The zero-order valence-corrected chi connectivity index (χ0v) is 11.7. The summed E-state index contributed by atoms with van der Waals surface area (Å²) >= 11 is 5.76. The van der Waals surface area contributed by atoms with Crippen molar-refractivity contribution in [3.8, 4) is 0 Å². The normalized spacial score (nSPS) is 15.5. The third-order valence-corrected chi connectivity index (χ3v) is 3.74. The van der Waals surface area contributed by atoms with Gasteiger partial charge in [-0.05, 0) is 30.5 Å². The first kappa shape index (κ1) is 14.8. The van der Waals surface area contributed by atoms with Gasteiger partial charge in [-0.2, -0.15) is 0 Å². The van der Waals surface area contributed by atoms with Crippen LogP contribution in [0.5, 0.6) is 0 Å². The standard InChI is InChI=1S/C14H17ClN2O3/c15-11-3-1-10(2-4-11)7-16-12(19)13(20)17-8-14(9-18)5-6-14/h1-4,18H,5-9H2,(H,16,19)(H,17,20). The number of hydrogen-bond acceptors (Lipinski definition) is 3. The van der Waals surface area contributed by atoms with Crippen molar-refractivity contribution in [1.29, 1.82) is 0 Å². The van der Waals surface area contributed by atoms with Gasteiger partial charge in [0.05, 0.1) is 6.61 Å². The van der Waals surface area contributed by atoms with E-state index in [-0.39, 0.29) is 18.6 Å². The molecule has 20 heavy (non-hydrogen) atoms. The van der Waals surface area contributed by atoms with E-state index in [1.807, 2.05) is 0 Å². The lowest BCUT2D eigenvalue weighted by molar-refractivity contribution is -0.139. The highest BCUT2D eigenvalue weighted by Crippen LogP contribution is 2.44. The number of nitrogens with one attached hydrogen (secondary N) is 2. The quantitative estimate of drug-likeness (QED) is 0.705. The maximum Gasteiger partial charge on any atom is 0.309 e. The van der Waals surface area contributed by atoms with Gasteiger partial charge < -0.3 is 15.7 Å². The highest BCUT2D eigenvalue weighted by molar-refractivity contribution is 6.35. The van der Waals surface area contributed by atoms with Gasteiger partial charge in [0.25, 0.3) is 0 Å². The second kappa shape index (κ2) is 6.24. The Morgan fingerprint density at radius 1 is 1.15 bits per heavy atom. The summed E-state index contributed by atoms with van der Waals surface area (Å²) in [6.45, 7) is 0.658. The van der Waals surface area contributed by atoms with Gasteiger partial charge in [-0.15, -0.1) is 0 Å². The Morgan fingerprint density at radius 3 is 2.30 bits per heavy atom. The summed E-state index contributed by atoms with van der Waals surface area (Å²) < 4.78 is 0. The number of aliphatic hydroxyl groups excluding tert-OH is 1. The Labute approximate surface area is 122 Å².